The van der Waals surface area contributed by atoms with Gasteiger partial charge in [0.2, 0.25) is 0 Å². The third kappa shape index (κ3) is 2.45. The van der Waals surface area contributed by atoms with Gasteiger partial charge in [-0.2, -0.15) is 0 Å². The molecule has 1 aliphatic heterocycles. The van der Waals surface area contributed by atoms with Crippen molar-refractivity contribution in [3.8, 4) is 0 Å². The number of hydrazine groups is 1. The van der Waals surface area contributed by atoms with Crippen molar-refractivity contribution in [1.82, 2.24) is 10.4 Å². The Morgan fingerprint density at radius 2 is 1.50 bits per heavy atom. The van der Waals surface area contributed by atoms with E-state index >= 15 is 0 Å². The molecular formula is C10H20N2O2. The van der Waals surface area contributed by atoms with Crippen molar-refractivity contribution in [1.29, 1.82) is 0 Å². The van der Waals surface area contributed by atoms with Crippen molar-refractivity contribution in [2.45, 2.75) is 50.4 Å². The fourth-order valence-electron chi connectivity index (χ4n) is 2.36. The Kier molecular flexibility index (Phi) is 3.38. The maximum atomic E-state index is 9.37. The Labute approximate surface area is 84.9 Å². The van der Waals surface area contributed by atoms with E-state index in [0.29, 0.717) is 19.1 Å². The van der Waals surface area contributed by atoms with Crippen LogP contribution in [-0.2, 0) is 0 Å². The lowest BCUT2D eigenvalue weighted by molar-refractivity contribution is 0.0572. The molecule has 14 heavy (non-hydrogen) atoms. The zero-order valence-electron chi connectivity index (χ0n) is 8.52. The smallest absolute Gasteiger partial charge is 0.0952 e. The van der Waals surface area contributed by atoms with Crippen LogP contribution in [0, 0.1) is 0 Å². The SMILES string of the molecule is OC1CN(NC2CCCCC2)CC1O. The number of hydrogen-bond acceptors (Lipinski definition) is 4. The van der Waals surface area contributed by atoms with Gasteiger partial charge < -0.3 is 10.2 Å². The zero-order valence-corrected chi connectivity index (χ0v) is 8.52. The van der Waals surface area contributed by atoms with Crippen LogP contribution >= 0.6 is 0 Å². The number of hydrogen-bond donors (Lipinski definition) is 3. The van der Waals surface area contributed by atoms with Gasteiger partial charge in [0.05, 0.1) is 12.2 Å². The lowest BCUT2D eigenvalue weighted by atomic mass is 9.96. The molecule has 0 amide bonds. The fourth-order valence-corrected chi connectivity index (χ4v) is 2.36. The maximum absolute atomic E-state index is 9.37. The first-order valence-corrected chi connectivity index (χ1v) is 5.63. The number of rotatable bonds is 2. The van der Waals surface area contributed by atoms with E-state index in [1.54, 1.807) is 0 Å². The van der Waals surface area contributed by atoms with E-state index in [1.165, 1.54) is 32.1 Å². The van der Waals surface area contributed by atoms with Crippen molar-refractivity contribution in [2.75, 3.05) is 13.1 Å². The Balaban J connectivity index is 1.74. The molecule has 82 valence electrons. The summed E-state index contributed by atoms with van der Waals surface area (Å²) in [5.41, 5.74) is 3.39. The average Bonchev–Trinajstić information content (AvgIpc) is 2.47. The first-order valence-electron chi connectivity index (χ1n) is 5.63. The summed E-state index contributed by atoms with van der Waals surface area (Å²) in [6, 6.07) is 0.557. The Hall–Kier alpha value is -0.160. The number of nitrogens with one attached hydrogen (secondary N) is 1. The van der Waals surface area contributed by atoms with Crippen LogP contribution in [0.2, 0.25) is 0 Å². The molecule has 1 saturated heterocycles. The third-order valence-corrected chi connectivity index (χ3v) is 3.23. The molecule has 4 heteroatoms. The molecule has 3 N–H and O–H groups in total. The molecule has 0 radical (unpaired) electrons. The maximum Gasteiger partial charge on any atom is 0.0952 e. The quantitative estimate of drug-likeness (QED) is 0.581. The third-order valence-electron chi connectivity index (χ3n) is 3.23. The van der Waals surface area contributed by atoms with E-state index in [0.717, 1.165) is 0 Å². The molecule has 1 heterocycles. The number of β-amino-alcohol motifs (C(OH)–C–C–N with tert-alkyl or cyclic N) is 2. The predicted molar refractivity (Wildman–Crippen MR) is 53.6 cm³/mol. The molecule has 0 bridgehead atoms. The van der Waals surface area contributed by atoms with Crippen LogP contribution in [0.4, 0.5) is 0 Å². The van der Waals surface area contributed by atoms with Gasteiger partial charge in [-0.1, -0.05) is 19.3 Å². The minimum absolute atomic E-state index is 0.553. The molecule has 0 aromatic rings. The van der Waals surface area contributed by atoms with Crippen molar-refractivity contribution >= 4 is 0 Å². The first kappa shape index (κ1) is 10.4. The van der Waals surface area contributed by atoms with E-state index in [2.05, 4.69) is 5.43 Å². The normalized spacial score (nSPS) is 36.4. The summed E-state index contributed by atoms with van der Waals surface area (Å²) in [6.45, 7) is 1.11. The minimum atomic E-state index is -0.578. The monoisotopic (exact) mass is 200 g/mol. The van der Waals surface area contributed by atoms with Crippen LogP contribution in [0.3, 0.4) is 0 Å². The molecule has 2 atom stereocenters. The van der Waals surface area contributed by atoms with E-state index < -0.39 is 12.2 Å². The molecule has 0 spiro atoms. The molecular weight excluding hydrogens is 180 g/mol. The van der Waals surface area contributed by atoms with Gasteiger partial charge in [-0.15, -0.1) is 0 Å². The van der Waals surface area contributed by atoms with Gasteiger partial charge in [0.25, 0.3) is 0 Å². The van der Waals surface area contributed by atoms with Crippen LogP contribution in [-0.4, -0.2) is 46.6 Å². The van der Waals surface area contributed by atoms with E-state index in [4.69, 9.17) is 0 Å². The highest BCUT2D eigenvalue weighted by Crippen LogP contribution is 2.18. The highest BCUT2D eigenvalue weighted by Gasteiger charge is 2.30. The molecule has 2 unspecified atom stereocenters. The molecule has 4 nitrogen and oxygen atoms in total. The lowest BCUT2D eigenvalue weighted by Gasteiger charge is -2.28. The summed E-state index contributed by atoms with van der Waals surface area (Å²) >= 11 is 0. The standard InChI is InChI=1S/C10H20N2O2/c13-9-6-12(7-10(9)14)11-8-4-2-1-3-5-8/h8-11,13-14H,1-7H2. The van der Waals surface area contributed by atoms with Gasteiger partial charge in [0.1, 0.15) is 0 Å². The number of aliphatic hydroxyl groups is 2. The summed E-state index contributed by atoms with van der Waals surface area (Å²) in [5.74, 6) is 0. The largest absolute Gasteiger partial charge is 0.389 e. The van der Waals surface area contributed by atoms with E-state index in [1.807, 2.05) is 5.01 Å². The lowest BCUT2D eigenvalue weighted by Crippen LogP contribution is -2.44. The number of aliphatic hydroxyl groups excluding tert-OH is 2. The average molecular weight is 200 g/mol. The van der Waals surface area contributed by atoms with Gasteiger partial charge in [-0.3, -0.25) is 5.43 Å². The number of nitrogens with zero attached hydrogens (tertiary/aromatic N) is 1. The summed E-state index contributed by atoms with van der Waals surface area (Å²) in [5, 5.41) is 20.7. The van der Waals surface area contributed by atoms with Crippen LogP contribution in [0.15, 0.2) is 0 Å². The van der Waals surface area contributed by atoms with E-state index in [-0.39, 0.29) is 0 Å². The van der Waals surface area contributed by atoms with Crippen LogP contribution in [0.1, 0.15) is 32.1 Å². The van der Waals surface area contributed by atoms with Gasteiger partial charge >= 0.3 is 0 Å². The van der Waals surface area contributed by atoms with Gasteiger partial charge in [-0.05, 0) is 12.8 Å². The molecule has 2 fully saturated rings. The second-order valence-electron chi connectivity index (χ2n) is 4.50. The van der Waals surface area contributed by atoms with Crippen LogP contribution in [0.5, 0.6) is 0 Å². The molecule has 1 saturated carbocycles. The van der Waals surface area contributed by atoms with Gasteiger partial charge in [-0.25, -0.2) is 5.01 Å². The van der Waals surface area contributed by atoms with Crippen LogP contribution in [0.25, 0.3) is 0 Å². The van der Waals surface area contributed by atoms with Gasteiger partial charge in [0.15, 0.2) is 0 Å². The zero-order chi connectivity index (χ0) is 9.97. The highest BCUT2D eigenvalue weighted by molar-refractivity contribution is 4.83. The van der Waals surface area contributed by atoms with E-state index in [9.17, 15) is 10.2 Å². The molecule has 2 aliphatic rings. The first-order chi connectivity index (χ1) is 6.75. The van der Waals surface area contributed by atoms with Crippen molar-refractivity contribution in [3.63, 3.8) is 0 Å². The minimum Gasteiger partial charge on any atom is -0.389 e. The van der Waals surface area contributed by atoms with Crippen molar-refractivity contribution in [3.05, 3.63) is 0 Å². The fraction of sp³-hybridized carbons (Fsp3) is 1.00. The molecule has 2 rings (SSSR count). The summed E-state index contributed by atoms with van der Waals surface area (Å²) in [6.07, 6.45) is 5.25. The summed E-state index contributed by atoms with van der Waals surface area (Å²) in [7, 11) is 0. The van der Waals surface area contributed by atoms with Crippen molar-refractivity contribution < 1.29 is 10.2 Å². The van der Waals surface area contributed by atoms with Crippen LogP contribution < -0.4 is 5.43 Å². The van der Waals surface area contributed by atoms with Crippen molar-refractivity contribution in [2.24, 2.45) is 0 Å². The Morgan fingerprint density at radius 3 is 2.07 bits per heavy atom. The molecule has 1 aliphatic carbocycles. The molecule has 0 aromatic heterocycles. The predicted octanol–water partition coefficient (Wildman–Crippen LogP) is -0.139. The Morgan fingerprint density at radius 1 is 0.929 bits per heavy atom. The highest BCUT2D eigenvalue weighted by atomic mass is 16.3. The summed E-state index contributed by atoms with van der Waals surface area (Å²) in [4.78, 5) is 0. The molecule has 0 aromatic carbocycles. The second-order valence-corrected chi connectivity index (χ2v) is 4.50. The van der Waals surface area contributed by atoms with Gasteiger partial charge in [0, 0.05) is 19.1 Å². The summed E-state index contributed by atoms with van der Waals surface area (Å²) < 4.78 is 0. The Bertz CT molecular complexity index is 173. The second kappa shape index (κ2) is 4.57. The topological polar surface area (TPSA) is 55.7 Å².